The molecule has 1 saturated heterocycles. The maximum atomic E-state index is 13.0. The maximum Gasteiger partial charge on any atom is 0.251 e. The van der Waals surface area contributed by atoms with E-state index in [0.29, 0.717) is 34.9 Å². The van der Waals surface area contributed by atoms with E-state index < -0.39 is 15.9 Å². The smallest absolute Gasteiger partial charge is 0.251 e. The van der Waals surface area contributed by atoms with E-state index in [4.69, 9.17) is 4.74 Å². The maximum absolute atomic E-state index is 13.0. The minimum Gasteiger partial charge on any atom is -0.379 e. The summed E-state index contributed by atoms with van der Waals surface area (Å²) in [5.41, 5.74) is 1.04. The molecule has 13 nitrogen and oxygen atoms in total. The van der Waals surface area contributed by atoms with Gasteiger partial charge in [0.25, 0.3) is 5.91 Å². The van der Waals surface area contributed by atoms with Crippen LogP contribution in [0.3, 0.4) is 0 Å². The van der Waals surface area contributed by atoms with Crippen LogP contribution in [0.15, 0.2) is 63.1 Å². The van der Waals surface area contributed by atoms with E-state index in [0.717, 1.165) is 15.2 Å². The summed E-state index contributed by atoms with van der Waals surface area (Å²) in [6.07, 6.45) is 0. The van der Waals surface area contributed by atoms with Crippen molar-refractivity contribution in [3.8, 4) is 5.69 Å². The topological polar surface area (TPSA) is 161 Å². The Hall–Kier alpha value is -3.22. The number of aromatic nitrogens is 5. The van der Waals surface area contributed by atoms with E-state index in [9.17, 15) is 18.0 Å². The standard InChI is InChI=1S/C25H25BrN8O5S3/c1-16-29-31-24(41-16)28-22(35)15-40-25-32-30-21(34(25)19-6-4-18(26)5-7-19)14-27-23(36)17-2-8-20(9-3-17)42(37,38)33-10-12-39-13-11-33/h2-9H,10-15H2,1H3,(H,27,36)(H,28,31,35). The van der Waals surface area contributed by atoms with Crippen LogP contribution in [-0.2, 0) is 26.1 Å². The zero-order chi connectivity index (χ0) is 29.7. The van der Waals surface area contributed by atoms with Crippen molar-refractivity contribution in [2.24, 2.45) is 0 Å². The quantitative estimate of drug-likeness (QED) is 0.237. The Balaban J connectivity index is 1.27. The number of rotatable bonds is 10. The molecule has 2 aromatic heterocycles. The molecule has 2 N–H and O–H groups in total. The second kappa shape index (κ2) is 13.4. The number of nitrogens with zero attached hydrogens (tertiary/aromatic N) is 6. The third kappa shape index (κ3) is 7.22. The summed E-state index contributed by atoms with van der Waals surface area (Å²) in [4.78, 5) is 25.5. The van der Waals surface area contributed by atoms with Crippen LogP contribution in [0.25, 0.3) is 5.69 Å². The Morgan fingerprint density at radius 2 is 1.74 bits per heavy atom. The minimum atomic E-state index is -3.66. The lowest BCUT2D eigenvalue weighted by Gasteiger charge is -2.26. The summed E-state index contributed by atoms with van der Waals surface area (Å²) in [6.45, 7) is 3.11. The van der Waals surface area contributed by atoms with Gasteiger partial charge in [-0.2, -0.15) is 4.31 Å². The van der Waals surface area contributed by atoms with Crippen molar-refractivity contribution in [3.63, 3.8) is 0 Å². The fraction of sp³-hybridized carbons (Fsp3) is 0.280. The number of hydrogen-bond acceptors (Lipinski definition) is 11. The lowest BCUT2D eigenvalue weighted by atomic mass is 10.2. The molecule has 0 bridgehead atoms. The molecule has 2 aromatic carbocycles. The van der Waals surface area contributed by atoms with Crippen molar-refractivity contribution in [2.75, 3.05) is 37.4 Å². The molecule has 220 valence electrons. The molecule has 0 radical (unpaired) electrons. The van der Waals surface area contributed by atoms with Crippen LogP contribution in [0.5, 0.6) is 0 Å². The van der Waals surface area contributed by atoms with Gasteiger partial charge >= 0.3 is 0 Å². The molecule has 5 rings (SSSR count). The van der Waals surface area contributed by atoms with Crippen LogP contribution in [0.4, 0.5) is 5.13 Å². The van der Waals surface area contributed by atoms with E-state index in [2.05, 4.69) is 47.0 Å². The van der Waals surface area contributed by atoms with Crippen LogP contribution in [-0.4, -0.2) is 81.6 Å². The summed E-state index contributed by atoms with van der Waals surface area (Å²) in [5, 5.41) is 23.5. The van der Waals surface area contributed by atoms with Crippen molar-refractivity contribution >= 4 is 66.0 Å². The molecule has 0 saturated carbocycles. The number of carbonyl (C=O) groups excluding carboxylic acids is 2. The molecule has 0 unspecified atom stereocenters. The lowest BCUT2D eigenvalue weighted by Crippen LogP contribution is -2.40. The number of benzene rings is 2. The highest BCUT2D eigenvalue weighted by Crippen LogP contribution is 2.24. The number of morpholine rings is 1. The molecule has 2 amide bonds. The van der Waals surface area contributed by atoms with E-state index in [1.807, 2.05) is 24.3 Å². The summed E-state index contributed by atoms with van der Waals surface area (Å²) in [7, 11) is -3.66. The van der Waals surface area contributed by atoms with Gasteiger partial charge in [-0.3, -0.25) is 19.5 Å². The number of anilines is 1. The van der Waals surface area contributed by atoms with Crippen LogP contribution < -0.4 is 10.6 Å². The molecule has 0 spiro atoms. The van der Waals surface area contributed by atoms with E-state index in [1.165, 1.54) is 51.7 Å². The van der Waals surface area contributed by atoms with E-state index >= 15 is 0 Å². The van der Waals surface area contributed by atoms with Gasteiger partial charge in [-0.25, -0.2) is 8.42 Å². The SMILES string of the molecule is Cc1nnc(NC(=O)CSc2nnc(CNC(=O)c3ccc(S(=O)(=O)N4CCOCC4)cc3)n2-c2ccc(Br)cc2)s1. The highest BCUT2D eigenvalue weighted by Gasteiger charge is 2.26. The Bertz CT molecular complexity index is 1670. The van der Waals surface area contributed by atoms with Crippen molar-refractivity contribution in [1.82, 2.24) is 34.6 Å². The summed E-state index contributed by atoms with van der Waals surface area (Å²) < 4.78 is 35.0. The average molecular weight is 694 g/mol. The fourth-order valence-electron chi connectivity index (χ4n) is 3.97. The molecule has 4 aromatic rings. The van der Waals surface area contributed by atoms with Gasteiger partial charge in [0.15, 0.2) is 11.0 Å². The number of thioether (sulfide) groups is 1. The number of sulfonamides is 1. The second-order valence-corrected chi connectivity index (χ2v) is 13.9. The fourth-order valence-corrected chi connectivity index (χ4v) is 7.02. The molecule has 17 heteroatoms. The van der Waals surface area contributed by atoms with Crippen molar-refractivity contribution < 1.29 is 22.7 Å². The number of carbonyl (C=O) groups is 2. The molecular formula is C25H25BrN8O5S3. The molecular weight excluding hydrogens is 668 g/mol. The van der Waals surface area contributed by atoms with Gasteiger partial charge in [0, 0.05) is 28.8 Å². The zero-order valence-corrected chi connectivity index (χ0v) is 26.2. The first-order valence-corrected chi connectivity index (χ1v) is 16.6. The number of amides is 2. The third-order valence-electron chi connectivity index (χ3n) is 6.02. The summed E-state index contributed by atoms with van der Waals surface area (Å²) >= 11 is 5.90. The number of aryl methyl sites for hydroxylation is 1. The van der Waals surface area contributed by atoms with Gasteiger partial charge in [0.2, 0.25) is 21.1 Å². The molecule has 3 heterocycles. The third-order valence-corrected chi connectivity index (χ3v) is 10.1. The minimum absolute atomic E-state index is 0.0343. The van der Waals surface area contributed by atoms with E-state index in [1.54, 1.807) is 11.5 Å². The van der Waals surface area contributed by atoms with E-state index in [-0.39, 0.29) is 36.2 Å². The first-order valence-electron chi connectivity index (χ1n) is 12.6. The Morgan fingerprint density at radius 1 is 1.02 bits per heavy atom. The van der Waals surface area contributed by atoms with Gasteiger partial charge in [0.05, 0.1) is 30.4 Å². The predicted octanol–water partition coefficient (Wildman–Crippen LogP) is 2.87. The molecule has 1 aliphatic heterocycles. The highest BCUT2D eigenvalue weighted by molar-refractivity contribution is 9.10. The van der Waals surface area contributed by atoms with Crippen LogP contribution in [0.1, 0.15) is 21.2 Å². The molecule has 1 fully saturated rings. The first kappa shape index (κ1) is 30.2. The molecule has 1 aliphatic rings. The number of hydrogen-bond donors (Lipinski definition) is 2. The summed E-state index contributed by atoms with van der Waals surface area (Å²) in [5.74, 6) is -0.175. The van der Waals surface area contributed by atoms with Crippen LogP contribution in [0.2, 0.25) is 0 Å². The number of nitrogens with one attached hydrogen (secondary N) is 2. The monoisotopic (exact) mass is 692 g/mol. The predicted molar refractivity (Wildman–Crippen MR) is 160 cm³/mol. The average Bonchev–Trinajstić information content (AvgIpc) is 3.60. The first-order chi connectivity index (χ1) is 20.2. The molecule has 0 aliphatic carbocycles. The van der Waals surface area contributed by atoms with Gasteiger partial charge in [-0.05, 0) is 55.5 Å². The van der Waals surface area contributed by atoms with Crippen LogP contribution >= 0.6 is 39.0 Å². The number of halogens is 1. The summed E-state index contributed by atoms with van der Waals surface area (Å²) in [6, 6.07) is 13.2. The molecule has 0 atom stereocenters. The van der Waals surface area contributed by atoms with Gasteiger partial charge in [0.1, 0.15) is 5.01 Å². The normalized spacial score (nSPS) is 14.0. The van der Waals surface area contributed by atoms with Gasteiger partial charge < -0.3 is 10.1 Å². The van der Waals surface area contributed by atoms with Crippen molar-refractivity contribution in [1.29, 1.82) is 0 Å². The lowest BCUT2D eigenvalue weighted by molar-refractivity contribution is -0.113. The largest absolute Gasteiger partial charge is 0.379 e. The second-order valence-electron chi connectivity index (χ2n) is 8.90. The van der Waals surface area contributed by atoms with Gasteiger partial charge in [-0.15, -0.1) is 20.4 Å². The van der Waals surface area contributed by atoms with Gasteiger partial charge in [-0.1, -0.05) is 39.0 Å². The van der Waals surface area contributed by atoms with Crippen LogP contribution in [0, 0.1) is 6.92 Å². The Morgan fingerprint density at radius 3 is 2.40 bits per heavy atom. The Labute approximate surface area is 258 Å². The van der Waals surface area contributed by atoms with Crippen molar-refractivity contribution in [3.05, 3.63) is 69.4 Å². The van der Waals surface area contributed by atoms with Crippen molar-refractivity contribution in [2.45, 2.75) is 23.5 Å². The zero-order valence-electron chi connectivity index (χ0n) is 22.2. The highest BCUT2D eigenvalue weighted by atomic mass is 79.9. The number of ether oxygens (including phenoxy) is 1. The Kier molecular flexibility index (Phi) is 9.64. The molecule has 42 heavy (non-hydrogen) atoms.